The number of rotatable bonds is 2. The van der Waals surface area contributed by atoms with Crippen molar-refractivity contribution in [2.24, 2.45) is 0 Å². The summed E-state index contributed by atoms with van der Waals surface area (Å²) in [6.45, 7) is 0. The Bertz CT molecular complexity index is 623. The highest BCUT2D eigenvalue weighted by atomic mass is 32.2. The molecule has 1 aliphatic rings. The zero-order chi connectivity index (χ0) is 13.9. The van der Waals surface area contributed by atoms with Crippen LogP contribution in [0.2, 0.25) is 0 Å². The lowest BCUT2D eigenvalue weighted by atomic mass is 10.3. The molecule has 0 N–H and O–H groups in total. The molecule has 20 heavy (non-hydrogen) atoms. The van der Waals surface area contributed by atoms with Gasteiger partial charge in [-0.2, -0.15) is 0 Å². The monoisotopic (exact) mass is 327 g/mol. The Kier molecular flexibility index (Phi) is 4.32. The molecule has 1 saturated heterocycles. The molecule has 0 saturated carbocycles. The van der Waals surface area contributed by atoms with Crippen molar-refractivity contribution in [3.8, 4) is 0 Å². The van der Waals surface area contributed by atoms with E-state index in [1.807, 2.05) is 23.5 Å². The predicted molar refractivity (Wildman–Crippen MR) is 88.0 cm³/mol. The molecule has 8 heteroatoms. The molecule has 0 radical (unpaired) electrons. The molecule has 2 heterocycles. The van der Waals surface area contributed by atoms with E-state index >= 15 is 0 Å². The molecule has 1 aromatic heterocycles. The first-order valence-electron chi connectivity index (χ1n) is 6.19. The summed E-state index contributed by atoms with van der Waals surface area (Å²) in [5.74, 6) is 4.24. The van der Waals surface area contributed by atoms with Crippen molar-refractivity contribution in [3.05, 3.63) is 28.3 Å². The minimum absolute atomic E-state index is 0.129. The van der Waals surface area contributed by atoms with Gasteiger partial charge < -0.3 is 4.90 Å². The lowest BCUT2D eigenvalue weighted by molar-refractivity contribution is -0.384. The molecule has 2 aromatic rings. The maximum atomic E-state index is 10.8. The SMILES string of the molecule is O=[N+]([O-])c1ccc2nc(N3CSCCCSC3)sc2c1. The molecule has 0 spiro atoms. The van der Waals surface area contributed by atoms with Gasteiger partial charge >= 0.3 is 0 Å². The Labute approximate surface area is 128 Å². The second-order valence-corrected chi connectivity index (χ2v) is 7.53. The van der Waals surface area contributed by atoms with Crippen molar-refractivity contribution in [2.75, 3.05) is 28.2 Å². The first-order chi connectivity index (χ1) is 9.74. The van der Waals surface area contributed by atoms with Gasteiger partial charge in [-0.3, -0.25) is 10.1 Å². The fraction of sp³-hybridized carbons (Fsp3) is 0.417. The van der Waals surface area contributed by atoms with Crippen molar-refractivity contribution in [1.82, 2.24) is 4.98 Å². The molecule has 0 amide bonds. The fourth-order valence-corrected chi connectivity index (χ4v) is 5.19. The van der Waals surface area contributed by atoms with Gasteiger partial charge in [0.1, 0.15) is 0 Å². The zero-order valence-corrected chi connectivity index (χ0v) is 13.1. The molecule has 3 rings (SSSR count). The maximum absolute atomic E-state index is 10.8. The van der Waals surface area contributed by atoms with Gasteiger partial charge in [-0.15, -0.1) is 23.5 Å². The van der Waals surface area contributed by atoms with E-state index in [1.54, 1.807) is 12.1 Å². The second-order valence-electron chi connectivity index (χ2n) is 4.37. The first kappa shape index (κ1) is 14.0. The van der Waals surface area contributed by atoms with E-state index in [2.05, 4.69) is 9.88 Å². The van der Waals surface area contributed by atoms with Crippen molar-refractivity contribution in [2.45, 2.75) is 6.42 Å². The summed E-state index contributed by atoms with van der Waals surface area (Å²) in [7, 11) is 0. The van der Waals surface area contributed by atoms with Crippen LogP contribution in [0.4, 0.5) is 10.8 Å². The van der Waals surface area contributed by atoms with Crippen LogP contribution in [0, 0.1) is 10.1 Å². The summed E-state index contributed by atoms with van der Waals surface area (Å²) in [5, 5.41) is 11.8. The molecule has 5 nitrogen and oxygen atoms in total. The Morgan fingerprint density at radius 2 is 2.00 bits per heavy atom. The van der Waals surface area contributed by atoms with Crippen LogP contribution in [-0.4, -0.2) is 33.2 Å². The molecule has 0 unspecified atom stereocenters. The average molecular weight is 327 g/mol. The number of anilines is 1. The summed E-state index contributed by atoms with van der Waals surface area (Å²) in [6.07, 6.45) is 1.26. The Hall–Kier alpha value is -0.990. The number of nitro groups is 1. The Morgan fingerprint density at radius 1 is 1.25 bits per heavy atom. The van der Waals surface area contributed by atoms with Crippen LogP contribution in [0.1, 0.15) is 6.42 Å². The van der Waals surface area contributed by atoms with Gasteiger partial charge in [-0.25, -0.2) is 4.98 Å². The number of hydrogen-bond acceptors (Lipinski definition) is 7. The number of nitro benzene ring substituents is 1. The molecule has 1 aliphatic heterocycles. The van der Waals surface area contributed by atoms with E-state index in [9.17, 15) is 10.1 Å². The van der Waals surface area contributed by atoms with Crippen LogP contribution >= 0.6 is 34.9 Å². The summed E-state index contributed by atoms with van der Waals surface area (Å²) < 4.78 is 0.881. The molecule has 106 valence electrons. The van der Waals surface area contributed by atoms with Crippen molar-refractivity contribution in [3.63, 3.8) is 0 Å². The summed E-state index contributed by atoms with van der Waals surface area (Å²) in [6, 6.07) is 4.86. The summed E-state index contributed by atoms with van der Waals surface area (Å²) in [5.41, 5.74) is 0.969. The smallest absolute Gasteiger partial charge is 0.270 e. The molecular weight excluding hydrogens is 314 g/mol. The summed E-state index contributed by atoms with van der Waals surface area (Å²) in [4.78, 5) is 17.3. The third-order valence-corrected chi connectivity index (χ3v) is 6.14. The van der Waals surface area contributed by atoms with E-state index in [-0.39, 0.29) is 10.6 Å². The van der Waals surface area contributed by atoms with Crippen LogP contribution in [0.25, 0.3) is 10.2 Å². The average Bonchev–Trinajstić information content (AvgIpc) is 2.80. The number of thiazole rings is 1. The van der Waals surface area contributed by atoms with Gasteiger partial charge in [-0.1, -0.05) is 11.3 Å². The lowest BCUT2D eigenvalue weighted by Crippen LogP contribution is -2.23. The number of non-ortho nitro benzene ring substituents is 1. The lowest BCUT2D eigenvalue weighted by Gasteiger charge is -2.22. The fourth-order valence-electron chi connectivity index (χ4n) is 1.91. The van der Waals surface area contributed by atoms with Gasteiger partial charge in [0.25, 0.3) is 5.69 Å². The van der Waals surface area contributed by atoms with E-state index in [1.165, 1.54) is 35.3 Å². The molecule has 0 bridgehead atoms. The topological polar surface area (TPSA) is 59.3 Å². The molecule has 1 aromatic carbocycles. The van der Waals surface area contributed by atoms with Crippen molar-refractivity contribution in [1.29, 1.82) is 0 Å². The number of benzene rings is 1. The van der Waals surface area contributed by atoms with E-state index in [4.69, 9.17) is 0 Å². The minimum atomic E-state index is -0.360. The Balaban J connectivity index is 1.89. The van der Waals surface area contributed by atoms with Gasteiger partial charge in [0.2, 0.25) is 0 Å². The molecule has 0 aliphatic carbocycles. The van der Waals surface area contributed by atoms with Gasteiger partial charge in [0.15, 0.2) is 5.13 Å². The normalized spacial score (nSPS) is 16.9. The number of hydrogen-bond donors (Lipinski definition) is 0. The van der Waals surface area contributed by atoms with Gasteiger partial charge in [0.05, 0.1) is 26.9 Å². The maximum Gasteiger partial charge on any atom is 0.270 e. The van der Waals surface area contributed by atoms with E-state index in [0.717, 1.165) is 27.1 Å². The first-order valence-corrected chi connectivity index (χ1v) is 9.32. The van der Waals surface area contributed by atoms with Crippen molar-refractivity contribution < 1.29 is 4.92 Å². The highest BCUT2D eigenvalue weighted by Gasteiger charge is 2.16. The minimum Gasteiger partial charge on any atom is -0.330 e. The van der Waals surface area contributed by atoms with Gasteiger partial charge in [-0.05, 0) is 24.0 Å². The van der Waals surface area contributed by atoms with E-state index in [0.29, 0.717) is 0 Å². The van der Waals surface area contributed by atoms with Crippen molar-refractivity contribution >= 4 is 55.9 Å². The molecule has 0 atom stereocenters. The third-order valence-electron chi connectivity index (χ3n) is 2.91. The van der Waals surface area contributed by atoms with Crippen LogP contribution in [0.5, 0.6) is 0 Å². The van der Waals surface area contributed by atoms with Crippen LogP contribution in [-0.2, 0) is 0 Å². The van der Waals surface area contributed by atoms with Crippen LogP contribution < -0.4 is 4.90 Å². The standard InChI is InChI=1S/C12H13N3O2S3/c16-15(17)9-2-3-10-11(6-9)20-12(13-10)14-7-18-4-1-5-19-8-14/h2-3,6H,1,4-5,7-8H2. The van der Waals surface area contributed by atoms with Crippen LogP contribution in [0.3, 0.4) is 0 Å². The molecular formula is C12H13N3O2S3. The zero-order valence-electron chi connectivity index (χ0n) is 10.7. The highest BCUT2D eigenvalue weighted by Crippen LogP contribution is 2.33. The second kappa shape index (κ2) is 6.19. The number of fused-ring (bicyclic) bond motifs is 1. The van der Waals surface area contributed by atoms with Gasteiger partial charge in [0, 0.05) is 12.1 Å². The number of nitrogens with zero attached hydrogens (tertiary/aromatic N) is 3. The Morgan fingerprint density at radius 3 is 2.70 bits per heavy atom. The number of thioether (sulfide) groups is 2. The highest BCUT2D eigenvalue weighted by molar-refractivity contribution is 8.00. The molecule has 1 fully saturated rings. The van der Waals surface area contributed by atoms with Crippen LogP contribution in [0.15, 0.2) is 18.2 Å². The quantitative estimate of drug-likeness (QED) is 0.618. The largest absolute Gasteiger partial charge is 0.330 e. The summed E-state index contributed by atoms with van der Waals surface area (Å²) >= 11 is 5.38. The van der Waals surface area contributed by atoms with E-state index < -0.39 is 0 Å². The number of aromatic nitrogens is 1. The third kappa shape index (κ3) is 3.02. The predicted octanol–water partition coefficient (Wildman–Crippen LogP) is 3.80.